The van der Waals surface area contributed by atoms with E-state index >= 15 is 0 Å². The van der Waals surface area contributed by atoms with E-state index in [1.165, 1.54) is 33.3 Å². The van der Waals surface area contributed by atoms with E-state index in [0.29, 0.717) is 51.5 Å². The minimum absolute atomic E-state index is 0.0954. The quantitative estimate of drug-likeness (QED) is 0.604. The number of alkyl halides is 3. The standard InChI is InChI=1S/C22H29F3N4O3S/c1-4-29(5-2)33(31,32)19-14-20(26(3)16-19)21(30)28-12-10-27(11-13-28)15-17-6-8-18(9-7-17)22(23,24)25/h6-9,14,16H,4-5,10-13,15H2,1-3H3. The second-order valence-electron chi connectivity index (χ2n) is 8.02. The molecular formula is C22H29F3N4O3S. The largest absolute Gasteiger partial charge is 0.416 e. The first-order valence-corrected chi connectivity index (χ1v) is 12.3. The molecule has 0 N–H and O–H groups in total. The van der Waals surface area contributed by atoms with Gasteiger partial charge in [0.2, 0.25) is 10.0 Å². The molecule has 7 nitrogen and oxygen atoms in total. The molecule has 1 saturated heterocycles. The number of sulfonamides is 1. The maximum absolute atomic E-state index is 13.0. The molecule has 0 aliphatic carbocycles. The molecule has 1 fully saturated rings. The Hall–Kier alpha value is -2.37. The number of hydrogen-bond donors (Lipinski definition) is 0. The van der Waals surface area contributed by atoms with E-state index in [0.717, 1.165) is 17.7 Å². The third kappa shape index (κ3) is 5.59. The highest BCUT2D eigenvalue weighted by Crippen LogP contribution is 2.29. The fraction of sp³-hybridized carbons (Fsp3) is 0.500. The highest BCUT2D eigenvalue weighted by Gasteiger charge is 2.31. The summed E-state index contributed by atoms with van der Waals surface area (Å²) in [7, 11) is -2.01. The lowest BCUT2D eigenvalue weighted by Gasteiger charge is -2.34. The first-order valence-electron chi connectivity index (χ1n) is 10.8. The minimum Gasteiger partial charge on any atom is -0.345 e. The number of halogens is 3. The molecule has 1 aromatic heterocycles. The lowest BCUT2D eigenvalue weighted by molar-refractivity contribution is -0.137. The van der Waals surface area contributed by atoms with Crippen molar-refractivity contribution in [2.75, 3.05) is 39.3 Å². The summed E-state index contributed by atoms with van der Waals surface area (Å²) in [6.07, 6.45) is -2.90. The number of aryl methyl sites for hydroxylation is 1. The Balaban J connectivity index is 1.62. The maximum atomic E-state index is 13.0. The summed E-state index contributed by atoms with van der Waals surface area (Å²) in [5.41, 5.74) is 0.403. The molecule has 1 aromatic carbocycles. The normalized spacial score (nSPS) is 15.9. The Kier molecular flexibility index (Phi) is 7.55. The SMILES string of the molecule is CCN(CC)S(=O)(=O)c1cc(C(=O)N2CCN(Cc3ccc(C(F)(F)F)cc3)CC2)n(C)c1. The second-order valence-corrected chi connectivity index (χ2v) is 9.96. The lowest BCUT2D eigenvalue weighted by atomic mass is 10.1. The molecule has 0 spiro atoms. The smallest absolute Gasteiger partial charge is 0.345 e. The fourth-order valence-electron chi connectivity index (χ4n) is 3.93. The highest BCUT2D eigenvalue weighted by atomic mass is 32.2. The van der Waals surface area contributed by atoms with Gasteiger partial charge in [-0.1, -0.05) is 26.0 Å². The summed E-state index contributed by atoms with van der Waals surface area (Å²) < 4.78 is 66.6. The summed E-state index contributed by atoms with van der Waals surface area (Å²) in [6.45, 7) is 6.75. The van der Waals surface area contributed by atoms with Gasteiger partial charge in [-0.25, -0.2) is 8.42 Å². The third-order valence-corrected chi connectivity index (χ3v) is 7.90. The van der Waals surface area contributed by atoms with Crippen LogP contribution in [0, 0.1) is 0 Å². The summed E-state index contributed by atoms with van der Waals surface area (Å²) in [5.74, 6) is -0.243. The Morgan fingerprint density at radius 3 is 2.12 bits per heavy atom. The van der Waals surface area contributed by atoms with Gasteiger partial charge in [0, 0.05) is 59.1 Å². The number of benzene rings is 1. The zero-order chi connectivity index (χ0) is 24.4. The summed E-state index contributed by atoms with van der Waals surface area (Å²) in [4.78, 5) is 16.9. The van der Waals surface area contributed by atoms with Crippen LogP contribution in [-0.2, 0) is 29.8 Å². The van der Waals surface area contributed by atoms with Crippen LogP contribution >= 0.6 is 0 Å². The van der Waals surface area contributed by atoms with Gasteiger partial charge in [0.25, 0.3) is 5.91 Å². The molecule has 0 saturated carbocycles. The van der Waals surface area contributed by atoms with Gasteiger partial charge in [0.1, 0.15) is 10.6 Å². The average Bonchev–Trinajstić information content (AvgIpc) is 3.17. The Labute approximate surface area is 192 Å². The van der Waals surface area contributed by atoms with Gasteiger partial charge in [-0.2, -0.15) is 17.5 Å². The van der Waals surface area contributed by atoms with Crippen molar-refractivity contribution in [3.05, 3.63) is 53.3 Å². The molecule has 3 rings (SSSR count). The number of carbonyl (C=O) groups excluding carboxylic acids is 1. The Morgan fingerprint density at radius 1 is 1.03 bits per heavy atom. The number of amides is 1. The van der Waals surface area contributed by atoms with Gasteiger partial charge in [-0.05, 0) is 23.8 Å². The van der Waals surface area contributed by atoms with E-state index in [2.05, 4.69) is 4.90 Å². The zero-order valence-electron chi connectivity index (χ0n) is 19.0. The number of rotatable bonds is 7. The molecule has 2 aromatic rings. The second kappa shape index (κ2) is 9.86. The van der Waals surface area contributed by atoms with Gasteiger partial charge in [0.15, 0.2) is 0 Å². The molecule has 33 heavy (non-hydrogen) atoms. The molecule has 1 aliphatic rings. The van der Waals surface area contributed by atoms with Crippen LogP contribution in [0.3, 0.4) is 0 Å². The molecule has 2 heterocycles. The number of carbonyl (C=O) groups is 1. The average molecular weight is 487 g/mol. The zero-order valence-corrected chi connectivity index (χ0v) is 19.8. The summed E-state index contributed by atoms with van der Waals surface area (Å²) in [5, 5.41) is 0. The van der Waals surface area contributed by atoms with Crippen molar-refractivity contribution in [2.45, 2.75) is 31.5 Å². The fourth-order valence-corrected chi connectivity index (χ4v) is 5.46. The topological polar surface area (TPSA) is 65.9 Å². The van der Waals surface area contributed by atoms with Crippen molar-refractivity contribution < 1.29 is 26.4 Å². The molecule has 1 amide bonds. The number of hydrogen-bond acceptors (Lipinski definition) is 4. The Morgan fingerprint density at radius 2 is 1.61 bits per heavy atom. The van der Waals surface area contributed by atoms with Crippen LogP contribution < -0.4 is 0 Å². The summed E-state index contributed by atoms with van der Waals surface area (Å²) in [6, 6.07) is 6.53. The van der Waals surface area contributed by atoms with E-state index in [9.17, 15) is 26.4 Å². The molecule has 0 bridgehead atoms. The number of piperazine rings is 1. The van der Waals surface area contributed by atoms with Crippen LogP contribution in [0.15, 0.2) is 41.4 Å². The van der Waals surface area contributed by atoms with Crippen molar-refractivity contribution in [1.29, 1.82) is 0 Å². The molecule has 182 valence electrons. The third-order valence-electron chi connectivity index (χ3n) is 5.89. The predicted molar refractivity (Wildman–Crippen MR) is 118 cm³/mol. The van der Waals surface area contributed by atoms with Crippen LogP contribution in [0.1, 0.15) is 35.5 Å². The van der Waals surface area contributed by atoms with Crippen molar-refractivity contribution >= 4 is 15.9 Å². The summed E-state index contributed by atoms with van der Waals surface area (Å²) >= 11 is 0. The van der Waals surface area contributed by atoms with Gasteiger partial charge < -0.3 is 9.47 Å². The van der Waals surface area contributed by atoms with Crippen molar-refractivity contribution in [3.63, 3.8) is 0 Å². The van der Waals surface area contributed by atoms with Crippen LogP contribution in [0.4, 0.5) is 13.2 Å². The molecule has 1 aliphatic heterocycles. The van der Waals surface area contributed by atoms with Crippen LogP contribution in [0.2, 0.25) is 0 Å². The first kappa shape index (κ1) is 25.3. The van der Waals surface area contributed by atoms with Crippen molar-refractivity contribution in [1.82, 2.24) is 18.7 Å². The van der Waals surface area contributed by atoms with Gasteiger partial charge in [-0.3, -0.25) is 9.69 Å². The van der Waals surface area contributed by atoms with Gasteiger partial charge in [-0.15, -0.1) is 0 Å². The molecule has 11 heteroatoms. The lowest BCUT2D eigenvalue weighted by Crippen LogP contribution is -2.48. The van der Waals surface area contributed by atoms with E-state index in [-0.39, 0.29) is 10.8 Å². The molecule has 0 radical (unpaired) electrons. The number of aromatic nitrogens is 1. The Bertz CT molecular complexity index is 1070. The van der Waals surface area contributed by atoms with E-state index in [1.807, 2.05) is 0 Å². The minimum atomic E-state index is -4.36. The van der Waals surface area contributed by atoms with Gasteiger partial charge >= 0.3 is 6.18 Å². The van der Waals surface area contributed by atoms with Crippen LogP contribution in [0.25, 0.3) is 0 Å². The molecule has 0 atom stereocenters. The molecular weight excluding hydrogens is 457 g/mol. The van der Waals surface area contributed by atoms with Crippen LogP contribution in [-0.4, -0.2) is 72.3 Å². The van der Waals surface area contributed by atoms with Crippen LogP contribution in [0.5, 0.6) is 0 Å². The van der Waals surface area contributed by atoms with E-state index in [4.69, 9.17) is 0 Å². The van der Waals surface area contributed by atoms with E-state index < -0.39 is 21.8 Å². The molecule has 0 unspecified atom stereocenters. The highest BCUT2D eigenvalue weighted by molar-refractivity contribution is 7.89. The van der Waals surface area contributed by atoms with Crippen molar-refractivity contribution in [2.24, 2.45) is 7.05 Å². The van der Waals surface area contributed by atoms with Crippen molar-refractivity contribution in [3.8, 4) is 0 Å². The monoisotopic (exact) mass is 486 g/mol. The first-order chi connectivity index (χ1) is 15.5. The van der Waals surface area contributed by atoms with Gasteiger partial charge in [0.05, 0.1) is 5.56 Å². The maximum Gasteiger partial charge on any atom is 0.416 e. The predicted octanol–water partition coefficient (Wildman–Crippen LogP) is 3.03. The number of nitrogens with zero attached hydrogens (tertiary/aromatic N) is 4. The van der Waals surface area contributed by atoms with E-state index in [1.54, 1.807) is 25.8 Å².